The topological polar surface area (TPSA) is 148 Å². The predicted molar refractivity (Wildman–Crippen MR) is 90.7 cm³/mol. The Hall–Kier alpha value is -2.52. The van der Waals surface area contributed by atoms with Crippen LogP contribution in [0.25, 0.3) is 0 Å². The van der Waals surface area contributed by atoms with Crippen LogP contribution in [0.15, 0.2) is 18.5 Å². The fraction of sp³-hybridized carbons (Fsp3) is 0.529. The van der Waals surface area contributed by atoms with Crippen LogP contribution in [0.5, 0.6) is 0 Å². The molecule has 1 aliphatic heterocycles. The Labute approximate surface area is 150 Å². The van der Waals surface area contributed by atoms with Crippen LogP contribution < -0.4 is 0 Å². The van der Waals surface area contributed by atoms with Gasteiger partial charge in [-0.05, 0) is 50.6 Å². The van der Waals surface area contributed by atoms with Gasteiger partial charge in [0.1, 0.15) is 0 Å². The highest BCUT2D eigenvalue weighted by molar-refractivity contribution is 5.88. The number of aliphatic carboxylic acids is 3. The molecule has 0 spiro atoms. The molecule has 0 amide bonds. The van der Waals surface area contributed by atoms with Crippen molar-refractivity contribution in [2.45, 2.75) is 44.2 Å². The molecule has 0 bridgehead atoms. The Kier molecular flexibility index (Phi) is 7.66. The van der Waals surface area contributed by atoms with Crippen molar-refractivity contribution < 1.29 is 34.8 Å². The molecule has 0 radical (unpaired) electrons. The van der Waals surface area contributed by atoms with Gasteiger partial charge in [-0.3, -0.25) is 19.5 Å². The number of likely N-dealkylation sites (tertiary alicyclic amines) is 1. The zero-order chi connectivity index (χ0) is 19.9. The summed E-state index contributed by atoms with van der Waals surface area (Å²) in [5.41, 5.74) is 0.0359. The Balaban J connectivity index is 0.000000260. The standard InChI is InChI=1S/C11H16N2.C6H8O7/c1-9-5-6-12-8-10(9)11-4-3-7-13(11)2;7-3(8)1-6(13,5(11)12)2-4(9)10/h5-6,8,11H,3-4,7H2,1-2H3;13H,1-2H2,(H,7,8)(H,9,10)(H,11,12)/t11-;/m0./s1. The Morgan fingerprint density at radius 3 is 2.19 bits per heavy atom. The molecular weight excluding hydrogens is 344 g/mol. The molecule has 1 fully saturated rings. The third kappa shape index (κ3) is 6.08. The number of nitrogens with zero attached hydrogens (tertiary/aromatic N) is 2. The van der Waals surface area contributed by atoms with Gasteiger partial charge in [-0.15, -0.1) is 0 Å². The van der Waals surface area contributed by atoms with Crippen LogP contribution in [-0.4, -0.2) is 67.4 Å². The number of hydrogen-bond donors (Lipinski definition) is 4. The number of hydrogen-bond acceptors (Lipinski definition) is 6. The SMILES string of the molecule is Cc1ccncc1[C@@H]1CCCN1C.O=C(O)CC(O)(CC(=O)O)C(=O)O. The van der Waals surface area contributed by atoms with Gasteiger partial charge in [0.05, 0.1) is 12.8 Å². The molecule has 1 aromatic heterocycles. The molecule has 144 valence electrons. The van der Waals surface area contributed by atoms with Crippen LogP contribution in [0.3, 0.4) is 0 Å². The summed E-state index contributed by atoms with van der Waals surface area (Å²) >= 11 is 0. The van der Waals surface area contributed by atoms with Gasteiger partial charge in [0.25, 0.3) is 0 Å². The number of carboxylic acid groups (broad SMARTS) is 3. The molecule has 1 saturated heterocycles. The quantitative estimate of drug-likeness (QED) is 0.575. The first-order valence-electron chi connectivity index (χ1n) is 8.07. The summed E-state index contributed by atoms with van der Waals surface area (Å²) in [5, 5.41) is 33.8. The van der Waals surface area contributed by atoms with E-state index in [0.717, 1.165) is 0 Å². The molecule has 1 aromatic rings. The Morgan fingerprint density at radius 2 is 1.81 bits per heavy atom. The van der Waals surface area contributed by atoms with Crippen molar-refractivity contribution in [2.75, 3.05) is 13.6 Å². The van der Waals surface area contributed by atoms with Crippen LogP contribution in [0.1, 0.15) is 42.9 Å². The number of aromatic nitrogens is 1. The van der Waals surface area contributed by atoms with E-state index in [4.69, 9.17) is 20.4 Å². The minimum atomic E-state index is -2.74. The van der Waals surface area contributed by atoms with Crippen molar-refractivity contribution >= 4 is 17.9 Å². The van der Waals surface area contributed by atoms with E-state index >= 15 is 0 Å². The average Bonchev–Trinajstić information content (AvgIpc) is 2.92. The van der Waals surface area contributed by atoms with E-state index in [-0.39, 0.29) is 0 Å². The fourth-order valence-electron chi connectivity index (χ4n) is 2.84. The van der Waals surface area contributed by atoms with Gasteiger partial charge >= 0.3 is 17.9 Å². The lowest BCUT2D eigenvalue weighted by Gasteiger charge is -2.20. The molecule has 1 atom stereocenters. The summed E-state index contributed by atoms with van der Waals surface area (Å²) in [5.74, 6) is -5.02. The second kappa shape index (κ2) is 9.25. The van der Waals surface area contributed by atoms with Crippen molar-refractivity contribution in [3.63, 3.8) is 0 Å². The second-order valence-electron chi connectivity index (χ2n) is 6.35. The molecule has 4 N–H and O–H groups in total. The summed E-state index contributed by atoms with van der Waals surface area (Å²) in [6, 6.07) is 2.70. The van der Waals surface area contributed by atoms with Gasteiger partial charge in [0.2, 0.25) is 0 Å². The molecule has 26 heavy (non-hydrogen) atoms. The smallest absolute Gasteiger partial charge is 0.336 e. The third-order valence-electron chi connectivity index (χ3n) is 4.24. The van der Waals surface area contributed by atoms with E-state index in [9.17, 15) is 14.4 Å². The lowest BCUT2D eigenvalue weighted by atomic mass is 9.96. The largest absolute Gasteiger partial charge is 0.481 e. The molecule has 0 saturated carbocycles. The van der Waals surface area contributed by atoms with E-state index in [0.29, 0.717) is 6.04 Å². The summed E-state index contributed by atoms with van der Waals surface area (Å²) in [6.45, 7) is 3.39. The molecule has 2 heterocycles. The monoisotopic (exact) mass is 368 g/mol. The minimum Gasteiger partial charge on any atom is -0.481 e. The van der Waals surface area contributed by atoms with E-state index in [1.807, 2.05) is 12.4 Å². The number of rotatable bonds is 6. The zero-order valence-electron chi connectivity index (χ0n) is 14.8. The second-order valence-corrected chi connectivity index (χ2v) is 6.35. The van der Waals surface area contributed by atoms with Crippen LogP contribution in [0.4, 0.5) is 0 Å². The molecule has 1 aliphatic rings. The summed E-state index contributed by atoms with van der Waals surface area (Å²) in [7, 11) is 2.20. The summed E-state index contributed by atoms with van der Waals surface area (Å²) in [6.07, 6.45) is 4.19. The normalized spacial score (nSPS) is 17.3. The first-order chi connectivity index (χ1) is 12.1. The number of carbonyl (C=O) groups is 3. The van der Waals surface area contributed by atoms with Crippen molar-refractivity contribution in [2.24, 2.45) is 0 Å². The number of aliphatic hydroxyl groups is 1. The van der Waals surface area contributed by atoms with Crippen LogP contribution in [0.2, 0.25) is 0 Å². The molecule has 2 rings (SSSR count). The van der Waals surface area contributed by atoms with Crippen LogP contribution >= 0.6 is 0 Å². The van der Waals surface area contributed by atoms with E-state index < -0.39 is 36.4 Å². The first kappa shape index (κ1) is 21.5. The summed E-state index contributed by atoms with van der Waals surface area (Å²) in [4.78, 5) is 37.1. The lowest BCUT2D eigenvalue weighted by molar-refractivity contribution is -0.170. The predicted octanol–water partition coefficient (Wildman–Crippen LogP) is 0.908. The molecule has 9 nitrogen and oxygen atoms in total. The number of aryl methyl sites for hydroxylation is 1. The van der Waals surface area contributed by atoms with E-state index in [1.54, 1.807) is 0 Å². The summed E-state index contributed by atoms with van der Waals surface area (Å²) < 4.78 is 0. The van der Waals surface area contributed by atoms with Gasteiger partial charge in [0.15, 0.2) is 5.60 Å². The number of pyridine rings is 1. The van der Waals surface area contributed by atoms with E-state index in [1.165, 1.54) is 30.5 Å². The Bertz CT molecular complexity index is 646. The van der Waals surface area contributed by atoms with Gasteiger partial charge in [-0.25, -0.2) is 4.79 Å². The van der Waals surface area contributed by atoms with Crippen molar-refractivity contribution in [1.82, 2.24) is 9.88 Å². The molecule has 0 aliphatic carbocycles. The maximum atomic E-state index is 10.3. The maximum Gasteiger partial charge on any atom is 0.336 e. The fourth-order valence-corrected chi connectivity index (χ4v) is 2.84. The molecule has 0 unspecified atom stereocenters. The zero-order valence-corrected chi connectivity index (χ0v) is 14.8. The van der Waals surface area contributed by atoms with Crippen LogP contribution in [0, 0.1) is 6.92 Å². The van der Waals surface area contributed by atoms with Gasteiger partial charge < -0.3 is 20.4 Å². The van der Waals surface area contributed by atoms with E-state index in [2.05, 4.69) is 29.9 Å². The lowest BCUT2D eigenvalue weighted by Crippen LogP contribution is -2.42. The highest BCUT2D eigenvalue weighted by Crippen LogP contribution is 2.31. The van der Waals surface area contributed by atoms with Gasteiger partial charge in [0, 0.05) is 18.4 Å². The van der Waals surface area contributed by atoms with Gasteiger partial charge in [-0.2, -0.15) is 0 Å². The van der Waals surface area contributed by atoms with Crippen molar-refractivity contribution in [3.05, 3.63) is 29.6 Å². The molecule has 0 aromatic carbocycles. The Morgan fingerprint density at radius 1 is 1.23 bits per heavy atom. The van der Waals surface area contributed by atoms with Crippen LogP contribution in [-0.2, 0) is 14.4 Å². The van der Waals surface area contributed by atoms with Crippen molar-refractivity contribution in [1.29, 1.82) is 0 Å². The highest BCUT2D eigenvalue weighted by atomic mass is 16.4. The maximum absolute atomic E-state index is 10.3. The van der Waals surface area contributed by atoms with Gasteiger partial charge in [-0.1, -0.05) is 0 Å². The average molecular weight is 368 g/mol. The highest BCUT2D eigenvalue weighted by Gasteiger charge is 2.40. The molecule has 9 heteroatoms. The minimum absolute atomic E-state index is 0.605. The van der Waals surface area contributed by atoms with Crippen molar-refractivity contribution in [3.8, 4) is 0 Å². The first-order valence-corrected chi connectivity index (χ1v) is 8.07. The molecular formula is C17H24N2O7. The third-order valence-corrected chi connectivity index (χ3v) is 4.24. The number of carboxylic acids is 3.